The number of phosphoric ester groups is 2. The van der Waals surface area contributed by atoms with Crippen molar-refractivity contribution in [3.8, 4) is 0 Å². The molecule has 79 heavy (non-hydrogen) atoms. The lowest BCUT2D eigenvalue weighted by molar-refractivity contribution is -0.161. The first-order valence-electron chi connectivity index (χ1n) is 31.3. The van der Waals surface area contributed by atoms with Gasteiger partial charge in [0, 0.05) is 25.7 Å². The lowest BCUT2D eigenvalue weighted by Crippen LogP contribution is -2.30. The van der Waals surface area contributed by atoms with E-state index in [0.717, 1.165) is 103 Å². The standard InChI is InChI=1S/C60H116O17P2/c1-8-9-10-11-12-13-14-15-18-29-36-43-59(64)76-55(47-70-57(62)41-34-27-19-16-17-24-31-38-51(2)3)49-74-78(66,67)72-45-54(61)46-73-79(68,69)75-50-56(77-60(65)44-37-30-23-21-26-33-40-53(6)7)48-71-58(63)42-35-28-22-20-25-32-39-52(4)5/h51-56,61H,8-50H2,1-7H3,(H,66,67)(H,68,69)/t54-,55-,56-/m1/s1. The Kier molecular flexibility index (Phi) is 50.4. The first-order valence-corrected chi connectivity index (χ1v) is 34.3. The summed E-state index contributed by atoms with van der Waals surface area (Å²) >= 11 is 0. The van der Waals surface area contributed by atoms with E-state index in [1.54, 1.807) is 0 Å². The first-order chi connectivity index (χ1) is 37.7. The summed E-state index contributed by atoms with van der Waals surface area (Å²) in [4.78, 5) is 71.9. The van der Waals surface area contributed by atoms with E-state index in [-0.39, 0.29) is 25.7 Å². The van der Waals surface area contributed by atoms with Gasteiger partial charge in [-0.1, -0.05) is 235 Å². The summed E-state index contributed by atoms with van der Waals surface area (Å²) < 4.78 is 67.7. The van der Waals surface area contributed by atoms with Crippen LogP contribution < -0.4 is 0 Å². The van der Waals surface area contributed by atoms with E-state index in [0.29, 0.717) is 43.4 Å². The van der Waals surface area contributed by atoms with Crippen LogP contribution in [0.4, 0.5) is 0 Å². The van der Waals surface area contributed by atoms with Crippen molar-refractivity contribution >= 4 is 39.5 Å². The Morgan fingerprint density at radius 3 is 0.861 bits per heavy atom. The molecule has 0 saturated carbocycles. The molecular formula is C60H116O17P2. The Hall–Kier alpha value is -1.94. The first kappa shape index (κ1) is 77.1. The number of hydrogen-bond donors (Lipinski definition) is 3. The van der Waals surface area contributed by atoms with Crippen LogP contribution in [-0.4, -0.2) is 96.7 Å². The fourth-order valence-electron chi connectivity index (χ4n) is 8.77. The summed E-state index contributed by atoms with van der Waals surface area (Å²) in [6.07, 6.45) is 31.1. The SMILES string of the molecule is CCCCCCCCCCCCCC(=O)O[C@H](COC(=O)CCCCCCCCCC(C)C)COP(=O)(O)OC[C@@H](O)COP(=O)(O)OC[C@@H](COC(=O)CCCCCCCCC(C)C)OC(=O)CCCCCCCCC(C)C. The van der Waals surface area contributed by atoms with Gasteiger partial charge in [-0.15, -0.1) is 0 Å². The third-order valence-electron chi connectivity index (χ3n) is 13.6. The summed E-state index contributed by atoms with van der Waals surface area (Å²) in [5.41, 5.74) is 0. The zero-order valence-electron chi connectivity index (χ0n) is 50.8. The summed E-state index contributed by atoms with van der Waals surface area (Å²) in [7, 11) is -9.88. The van der Waals surface area contributed by atoms with Crippen molar-refractivity contribution in [3.05, 3.63) is 0 Å². The Morgan fingerprint density at radius 2 is 0.582 bits per heavy atom. The van der Waals surface area contributed by atoms with Gasteiger partial charge in [-0.2, -0.15) is 0 Å². The van der Waals surface area contributed by atoms with Crippen LogP contribution in [0, 0.1) is 17.8 Å². The lowest BCUT2D eigenvalue weighted by atomic mass is 10.0. The Morgan fingerprint density at radius 1 is 0.342 bits per heavy atom. The molecule has 19 heteroatoms. The smallest absolute Gasteiger partial charge is 0.462 e. The summed E-state index contributed by atoms with van der Waals surface area (Å²) in [5, 5.41) is 10.5. The Labute approximate surface area is 479 Å². The zero-order valence-corrected chi connectivity index (χ0v) is 52.6. The van der Waals surface area contributed by atoms with Crippen LogP contribution in [0.2, 0.25) is 0 Å². The lowest BCUT2D eigenvalue weighted by Gasteiger charge is -2.21. The minimum atomic E-state index is -4.94. The maximum absolute atomic E-state index is 12.9. The highest BCUT2D eigenvalue weighted by Crippen LogP contribution is 2.45. The van der Waals surface area contributed by atoms with E-state index < -0.39 is 97.5 Å². The molecule has 0 aromatic heterocycles. The van der Waals surface area contributed by atoms with E-state index in [9.17, 15) is 43.2 Å². The van der Waals surface area contributed by atoms with Gasteiger partial charge in [-0.05, 0) is 43.4 Å². The molecule has 0 aliphatic rings. The van der Waals surface area contributed by atoms with Crippen molar-refractivity contribution in [2.45, 2.75) is 304 Å². The van der Waals surface area contributed by atoms with Gasteiger partial charge in [0.15, 0.2) is 12.2 Å². The van der Waals surface area contributed by atoms with Crippen LogP contribution in [0.25, 0.3) is 0 Å². The second-order valence-corrected chi connectivity index (χ2v) is 26.1. The molecule has 0 aromatic carbocycles. The molecule has 0 rings (SSSR count). The number of aliphatic hydroxyl groups excluding tert-OH is 1. The number of unbranched alkanes of at least 4 members (excludes halogenated alkanes) is 26. The minimum Gasteiger partial charge on any atom is -0.462 e. The molecule has 3 N–H and O–H groups in total. The largest absolute Gasteiger partial charge is 0.472 e. The van der Waals surface area contributed by atoms with Crippen LogP contribution in [0.5, 0.6) is 0 Å². The molecule has 5 atom stereocenters. The van der Waals surface area contributed by atoms with Gasteiger partial charge in [0.25, 0.3) is 0 Å². The molecule has 2 unspecified atom stereocenters. The number of aliphatic hydroxyl groups is 1. The van der Waals surface area contributed by atoms with Crippen LogP contribution in [0.15, 0.2) is 0 Å². The van der Waals surface area contributed by atoms with E-state index >= 15 is 0 Å². The molecule has 0 heterocycles. The quantitative estimate of drug-likeness (QED) is 0.0222. The number of hydrogen-bond acceptors (Lipinski definition) is 15. The predicted octanol–water partition coefficient (Wildman–Crippen LogP) is 15.9. The number of carbonyl (C=O) groups excluding carboxylic acids is 4. The Bertz CT molecular complexity index is 1580. The third-order valence-corrected chi connectivity index (χ3v) is 15.5. The van der Waals surface area contributed by atoms with Crippen LogP contribution in [-0.2, 0) is 65.4 Å². The van der Waals surface area contributed by atoms with Gasteiger partial charge in [0.1, 0.15) is 19.3 Å². The van der Waals surface area contributed by atoms with Crippen molar-refractivity contribution in [2.24, 2.45) is 17.8 Å². The van der Waals surface area contributed by atoms with Crippen molar-refractivity contribution in [2.75, 3.05) is 39.6 Å². The van der Waals surface area contributed by atoms with Crippen molar-refractivity contribution in [1.82, 2.24) is 0 Å². The monoisotopic (exact) mass is 1170 g/mol. The minimum absolute atomic E-state index is 0.101. The van der Waals surface area contributed by atoms with Crippen LogP contribution in [0.3, 0.4) is 0 Å². The van der Waals surface area contributed by atoms with Crippen molar-refractivity contribution in [3.63, 3.8) is 0 Å². The summed E-state index contributed by atoms with van der Waals surface area (Å²) in [5.74, 6) is -0.0934. The molecule has 0 spiro atoms. The third kappa shape index (κ3) is 55.0. The summed E-state index contributed by atoms with van der Waals surface area (Å²) in [6, 6.07) is 0. The van der Waals surface area contributed by atoms with E-state index in [1.165, 1.54) is 83.5 Å². The molecule has 0 amide bonds. The van der Waals surface area contributed by atoms with Gasteiger partial charge >= 0.3 is 39.5 Å². The van der Waals surface area contributed by atoms with E-state index in [4.69, 9.17) is 37.0 Å². The molecule has 0 bridgehead atoms. The molecule has 468 valence electrons. The van der Waals surface area contributed by atoms with Gasteiger partial charge in [-0.3, -0.25) is 37.3 Å². The second kappa shape index (κ2) is 51.7. The second-order valence-electron chi connectivity index (χ2n) is 23.2. The van der Waals surface area contributed by atoms with Gasteiger partial charge < -0.3 is 33.8 Å². The van der Waals surface area contributed by atoms with Gasteiger partial charge in [-0.25, -0.2) is 9.13 Å². The molecule has 0 aliphatic heterocycles. The number of phosphoric acid groups is 2. The number of ether oxygens (including phenoxy) is 4. The maximum Gasteiger partial charge on any atom is 0.472 e. The molecule has 0 aliphatic carbocycles. The molecule has 0 aromatic rings. The van der Waals surface area contributed by atoms with Crippen molar-refractivity contribution < 1.29 is 80.2 Å². The average Bonchev–Trinajstić information content (AvgIpc) is 3.39. The Balaban J connectivity index is 5.24. The van der Waals surface area contributed by atoms with E-state index in [1.807, 2.05) is 0 Å². The fourth-order valence-corrected chi connectivity index (χ4v) is 10.4. The van der Waals surface area contributed by atoms with E-state index in [2.05, 4.69) is 48.5 Å². The highest BCUT2D eigenvalue weighted by Gasteiger charge is 2.30. The molecule has 0 radical (unpaired) electrons. The maximum atomic E-state index is 12.9. The van der Waals surface area contributed by atoms with Crippen LogP contribution >= 0.6 is 15.6 Å². The number of carbonyl (C=O) groups is 4. The summed E-state index contributed by atoms with van der Waals surface area (Å²) in [6.45, 7) is 11.5. The fraction of sp³-hybridized carbons (Fsp3) is 0.933. The average molecular weight is 1170 g/mol. The van der Waals surface area contributed by atoms with Crippen LogP contribution in [0.1, 0.15) is 286 Å². The predicted molar refractivity (Wildman–Crippen MR) is 312 cm³/mol. The normalized spacial score (nSPS) is 14.5. The number of esters is 4. The zero-order chi connectivity index (χ0) is 58.8. The topological polar surface area (TPSA) is 237 Å². The highest BCUT2D eigenvalue weighted by molar-refractivity contribution is 7.47. The number of rotatable bonds is 58. The molecule has 0 saturated heterocycles. The molecular weight excluding hydrogens is 1050 g/mol. The van der Waals surface area contributed by atoms with Crippen molar-refractivity contribution in [1.29, 1.82) is 0 Å². The van der Waals surface area contributed by atoms with Gasteiger partial charge in [0.05, 0.1) is 26.4 Å². The molecule has 17 nitrogen and oxygen atoms in total. The molecule has 0 fully saturated rings. The highest BCUT2D eigenvalue weighted by atomic mass is 31.2. The van der Waals surface area contributed by atoms with Gasteiger partial charge in [0.2, 0.25) is 0 Å².